The third kappa shape index (κ3) is 4.54. The molecule has 0 unspecified atom stereocenters. The number of carboxylic acid groups (broad SMARTS) is 1. The largest absolute Gasteiger partial charge is 0.489 e. The van der Waals surface area contributed by atoms with Gasteiger partial charge in [-0.25, -0.2) is 0 Å². The van der Waals surface area contributed by atoms with Crippen LogP contribution in [-0.2, 0) is 17.9 Å². The van der Waals surface area contributed by atoms with Gasteiger partial charge in [0, 0.05) is 18.7 Å². The number of carboxylic acids is 1. The SMILES string of the molecule is CCC[C@]1(C(=O)O)CCN(Cc2ccccc2OCc2ccccc2)C[C@H]1O. The third-order valence-electron chi connectivity index (χ3n) is 5.67. The molecule has 1 aliphatic heterocycles. The van der Waals surface area contributed by atoms with Crippen molar-refractivity contribution in [2.75, 3.05) is 13.1 Å². The summed E-state index contributed by atoms with van der Waals surface area (Å²) in [7, 11) is 0. The van der Waals surface area contributed by atoms with Crippen molar-refractivity contribution < 1.29 is 19.7 Å². The van der Waals surface area contributed by atoms with Crippen molar-refractivity contribution in [2.24, 2.45) is 5.41 Å². The Bertz CT molecular complexity index is 779. The van der Waals surface area contributed by atoms with E-state index in [1.54, 1.807) is 0 Å². The molecular weight excluding hydrogens is 354 g/mol. The first-order valence-electron chi connectivity index (χ1n) is 9.93. The minimum atomic E-state index is -1.02. The van der Waals surface area contributed by atoms with Crippen molar-refractivity contribution in [2.45, 2.75) is 45.4 Å². The fourth-order valence-electron chi connectivity index (χ4n) is 4.02. The number of aliphatic hydroxyl groups excluding tert-OH is 1. The number of aliphatic hydroxyl groups is 1. The second-order valence-corrected chi connectivity index (χ2v) is 7.59. The number of hydrogen-bond acceptors (Lipinski definition) is 4. The smallest absolute Gasteiger partial charge is 0.312 e. The number of aliphatic carboxylic acids is 1. The van der Waals surface area contributed by atoms with Crippen LogP contribution in [0.3, 0.4) is 0 Å². The number of nitrogens with zero attached hydrogens (tertiary/aromatic N) is 1. The molecule has 0 radical (unpaired) electrons. The fraction of sp³-hybridized carbons (Fsp3) is 0.435. The Morgan fingerprint density at radius 3 is 2.57 bits per heavy atom. The highest BCUT2D eigenvalue weighted by molar-refractivity contribution is 5.75. The first-order chi connectivity index (χ1) is 13.5. The number of para-hydroxylation sites is 1. The molecule has 1 saturated heterocycles. The molecule has 0 saturated carbocycles. The van der Waals surface area contributed by atoms with Gasteiger partial charge in [-0.1, -0.05) is 61.9 Å². The zero-order valence-corrected chi connectivity index (χ0v) is 16.4. The lowest BCUT2D eigenvalue weighted by atomic mass is 9.73. The maximum atomic E-state index is 11.8. The average Bonchev–Trinajstić information content (AvgIpc) is 2.70. The van der Waals surface area contributed by atoms with Gasteiger partial charge in [-0.05, 0) is 31.0 Å². The Balaban J connectivity index is 1.65. The standard InChI is InChI=1S/C23H29NO4/c1-2-12-23(22(26)27)13-14-24(16-21(23)25)15-19-10-6-7-11-20(19)28-17-18-8-4-3-5-9-18/h3-11,21,25H,2,12-17H2,1H3,(H,26,27)/t21-,23+/m1/s1. The normalized spacial score (nSPS) is 22.7. The van der Waals surface area contributed by atoms with Crippen LogP contribution in [-0.4, -0.2) is 40.3 Å². The highest BCUT2D eigenvalue weighted by Gasteiger charge is 2.47. The molecule has 2 atom stereocenters. The molecule has 5 heteroatoms. The first kappa shape index (κ1) is 20.4. The van der Waals surface area contributed by atoms with Gasteiger partial charge in [0.05, 0.1) is 11.5 Å². The van der Waals surface area contributed by atoms with Crippen molar-refractivity contribution >= 4 is 5.97 Å². The minimum absolute atomic E-state index is 0.360. The van der Waals surface area contributed by atoms with Crippen LogP contribution in [0.2, 0.25) is 0 Å². The van der Waals surface area contributed by atoms with Crippen LogP contribution in [0.1, 0.15) is 37.3 Å². The summed E-state index contributed by atoms with van der Waals surface area (Å²) in [6.07, 6.45) is 0.856. The Labute approximate surface area is 166 Å². The van der Waals surface area contributed by atoms with Gasteiger partial charge in [-0.2, -0.15) is 0 Å². The van der Waals surface area contributed by atoms with Crippen LogP contribution in [0.25, 0.3) is 0 Å². The van der Waals surface area contributed by atoms with Gasteiger partial charge in [0.1, 0.15) is 12.4 Å². The summed E-state index contributed by atoms with van der Waals surface area (Å²) in [5.74, 6) is -0.0578. The van der Waals surface area contributed by atoms with E-state index in [9.17, 15) is 15.0 Å². The topological polar surface area (TPSA) is 70.0 Å². The third-order valence-corrected chi connectivity index (χ3v) is 5.67. The van der Waals surface area contributed by atoms with Gasteiger partial charge in [0.25, 0.3) is 0 Å². The summed E-state index contributed by atoms with van der Waals surface area (Å²) < 4.78 is 6.03. The summed E-state index contributed by atoms with van der Waals surface area (Å²) in [5.41, 5.74) is 1.13. The quantitative estimate of drug-likeness (QED) is 0.727. The van der Waals surface area contributed by atoms with E-state index in [-0.39, 0.29) is 0 Å². The van der Waals surface area contributed by atoms with Crippen LogP contribution in [0.4, 0.5) is 0 Å². The van der Waals surface area contributed by atoms with E-state index in [0.29, 0.717) is 39.1 Å². The Kier molecular flexibility index (Phi) is 6.70. The van der Waals surface area contributed by atoms with Gasteiger partial charge < -0.3 is 14.9 Å². The summed E-state index contributed by atoms with van der Waals surface area (Å²) in [6, 6.07) is 17.9. The molecule has 0 aliphatic carbocycles. The highest BCUT2D eigenvalue weighted by atomic mass is 16.5. The van der Waals surface area contributed by atoms with Crippen LogP contribution >= 0.6 is 0 Å². The van der Waals surface area contributed by atoms with Crippen molar-refractivity contribution in [3.05, 3.63) is 65.7 Å². The summed E-state index contributed by atoms with van der Waals surface area (Å²) in [6.45, 7) is 4.10. The molecule has 5 nitrogen and oxygen atoms in total. The number of rotatable bonds is 8. The van der Waals surface area contributed by atoms with E-state index < -0.39 is 17.5 Å². The number of piperidine rings is 1. The van der Waals surface area contributed by atoms with Gasteiger partial charge in [-0.15, -0.1) is 0 Å². The van der Waals surface area contributed by atoms with Crippen molar-refractivity contribution in [1.82, 2.24) is 4.90 Å². The summed E-state index contributed by atoms with van der Waals surface area (Å²) >= 11 is 0. The molecule has 2 aromatic carbocycles. The number of carbonyl (C=O) groups is 1. The number of benzene rings is 2. The van der Waals surface area contributed by atoms with Crippen LogP contribution in [0.15, 0.2) is 54.6 Å². The van der Waals surface area contributed by atoms with Gasteiger partial charge in [0.15, 0.2) is 0 Å². The van der Waals surface area contributed by atoms with E-state index in [1.807, 2.05) is 61.5 Å². The number of ether oxygens (including phenoxy) is 1. The Morgan fingerprint density at radius 2 is 1.89 bits per heavy atom. The molecule has 1 heterocycles. The molecule has 1 fully saturated rings. The predicted octanol–water partition coefficient (Wildman–Crippen LogP) is 3.70. The summed E-state index contributed by atoms with van der Waals surface area (Å²) in [5, 5.41) is 20.3. The molecule has 150 valence electrons. The van der Waals surface area contributed by atoms with E-state index >= 15 is 0 Å². The molecule has 28 heavy (non-hydrogen) atoms. The molecule has 2 N–H and O–H groups in total. The lowest BCUT2D eigenvalue weighted by molar-refractivity contribution is -0.164. The van der Waals surface area contributed by atoms with E-state index in [0.717, 1.165) is 23.3 Å². The van der Waals surface area contributed by atoms with Crippen LogP contribution < -0.4 is 4.74 Å². The van der Waals surface area contributed by atoms with Crippen LogP contribution in [0, 0.1) is 5.41 Å². The maximum absolute atomic E-state index is 11.8. The van der Waals surface area contributed by atoms with Crippen molar-refractivity contribution in [1.29, 1.82) is 0 Å². The van der Waals surface area contributed by atoms with Gasteiger partial charge in [0.2, 0.25) is 0 Å². The average molecular weight is 383 g/mol. The molecular formula is C23H29NO4. The molecule has 0 spiro atoms. The van der Waals surface area contributed by atoms with E-state index in [4.69, 9.17) is 4.74 Å². The van der Waals surface area contributed by atoms with Gasteiger partial charge >= 0.3 is 5.97 Å². The number of hydrogen-bond donors (Lipinski definition) is 2. The molecule has 0 bridgehead atoms. The molecule has 1 aliphatic rings. The van der Waals surface area contributed by atoms with E-state index in [2.05, 4.69) is 4.90 Å². The first-order valence-corrected chi connectivity index (χ1v) is 9.93. The van der Waals surface area contributed by atoms with Crippen LogP contribution in [0.5, 0.6) is 5.75 Å². The number of β-amino-alcohol motifs (C(OH)–C–C–N with tert-alkyl or cyclic N) is 1. The van der Waals surface area contributed by atoms with E-state index in [1.165, 1.54) is 0 Å². The highest BCUT2D eigenvalue weighted by Crippen LogP contribution is 2.37. The zero-order chi connectivity index (χ0) is 20.0. The maximum Gasteiger partial charge on any atom is 0.312 e. The monoisotopic (exact) mass is 383 g/mol. The van der Waals surface area contributed by atoms with Crippen molar-refractivity contribution in [3.63, 3.8) is 0 Å². The minimum Gasteiger partial charge on any atom is -0.489 e. The zero-order valence-electron chi connectivity index (χ0n) is 16.4. The molecule has 0 amide bonds. The fourth-order valence-corrected chi connectivity index (χ4v) is 4.02. The van der Waals surface area contributed by atoms with Gasteiger partial charge in [-0.3, -0.25) is 9.69 Å². The Hall–Kier alpha value is -2.37. The molecule has 3 rings (SSSR count). The molecule has 2 aromatic rings. The number of likely N-dealkylation sites (tertiary alicyclic amines) is 1. The predicted molar refractivity (Wildman–Crippen MR) is 108 cm³/mol. The van der Waals surface area contributed by atoms with Crippen molar-refractivity contribution in [3.8, 4) is 5.75 Å². The lowest BCUT2D eigenvalue weighted by Crippen LogP contribution is -2.54. The summed E-state index contributed by atoms with van der Waals surface area (Å²) in [4.78, 5) is 13.9. The second-order valence-electron chi connectivity index (χ2n) is 7.59. The second kappa shape index (κ2) is 9.22. The molecule has 0 aromatic heterocycles. The lowest BCUT2D eigenvalue weighted by Gasteiger charge is -2.42. The Morgan fingerprint density at radius 1 is 1.18 bits per heavy atom.